The van der Waals surface area contributed by atoms with Crippen LogP contribution in [0, 0.1) is 5.92 Å². The van der Waals surface area contributed by atoms with Crippen molar-refractivity contribution in [2.75, 3.05) is 27.3 Å². The molecule has 2 aromatic rings. The molecule has 2 fully saturated rings. The van der Waals surface area contributed by atoms with Crippen LogP contribution < -0.4 is 22.0 Å². The predicted molar refractivity (Wildman–Crippen MR) is 127 cm³/mol. The average molecular weight is 486 g/mol. The number of ketones is 1. The van der Waals surface area contributed by atoms with Crippen LogP contribution in [0.25, 0.3) is 0 Å². The number of nitrogens with one attached hydrogen (secondary N) is 1. The van der Waals surface area contributed by atoms with Crippen molar-refractivity contribution in [1.29, 1.82) is 0 Å². The number of ether oxygens (including phenoxy) is 2. The van der Waals surface area contributed by atoms with Crippen molar-refractivity contribution in [3.05, 3.63) is 59.2 Å². The number of fused-ring (bicyclic) bond motifs is 1. The van der Waals surface area contributed by atoms with E-state index in [2.05, 4.69) is 44.3 Å². The minimum atomic E-state index is -0.522. The molecule has 5 atom stereocenters. The summed E-state index contributed by atoms with van der Waals surface area (Å²) in [4.78, 5) is 14.7. The number of phenolic OH excluding ortho intramolecular Hbond substituents is 1. The van der Waals surface area contributed by atoms with E-state index in [-0.39, 0.29) is 35.9 Å². The third-order valence-electron chi connectivity index (χ3n) is 8.92. The Morgan fingerprint density at radius 1 is 1.15 bits per heavy atom. The maximum Gasteiger partial charge on any atom is 0.161 e. The van der Waals surface area contributed by atoms with Crippen molar-refractivity contribution in [3.8, 4) is 11.5 Å². The summed E-state index contributed by atoms with van der Waals surface area (Å²) >= 11 is 0. The van der Waals surface area contributed by atoms with Gasteiger partial charge in [-0.05, 0) is 36.5 Å². The number of likely N-dealkylation sites (tertiary alicyclic amines) is 1. The van der Waals surface area contributed by atoms with Crippen molar-refractivity contribution < 1.29 is 36.7 Å². The van der Waals surface area contributed by atoms with Gasteiger partial charge in [-0.2, -0.15) is 0 Å². The quantitative estimate of drug-likeness (QED) is 0.560. The number of benzene rings is 2. The van der Waals surface area contributed by atoms with Gasteiger partial charge in [0, 0.05) is 42.8 Å². The molecule has 0 aromatic heterocycles. The number of aromatic hydroxyl groups is 1. The summed E-state index contributed by atoms with van der Waals surface area (Å²) in [6, 6.07) is 14.7. The number of hydrogen-bond acceptors (Lipinski definition) is 4. The Bertz CT molecular complexity index is 1040. The zero-order valence-corrected chi connectivity index (χ0v) is 21.2. The van der Waals surface area contributed by atoms with Gasteiger partial charge in [0.2, 0.25) is 0 Å². The number of Topliss-reactive ketones (excluding diaryl/α,β-unsaturated/α-hetero) is 1. The highest BCUT2D eigenvalue weighted by molar-refractivity contribution is 5.85. The number of methoxy groups -OCH3 is 1. The maximum absolute atomic E-state index is 13.2. The second kappa shape index (κ2) is 9.52. The Labute approximate surface area is 208 Å². The molecule has 6 heteroatoms. The van der Waals surface area contributed by atoms with E-state index in [4.69, 9.17) is 9.47 Å². The molecular weight excluding hydrogens is 450 g/mol. The van der Waals surface area contributed by atoms with E-state index in [1.54, 1.807) is 7.11 Å². The van der Waals surface area contributed by atoms with Gasteiger partial charge in [0.05, 0.1) is 20.7 Å². The molecule has 0 radical (unpaired) electrons. The summed E-state index contributed by atoms with van der Waals surface area (Å²) in [6.07, 6.45) is 4.86. The first kappa shape index (κ1) is 25.0. The summed E-state index contributed by atoms with van der Waals surface area (Å²) < 4.78 is 12.5. The topological polar surface area (TPSA) is 60.2 Å². The molecule has 0 amide bonds. The third kappa shape index (κ3) is 3.55. The van der Waals surface area contributed by atoms with Gasteiger partial charge in [-0.25, -0.2) is 0 Å². The predicted octanol–water partition coefficient (Wildman–Crippen LogP) is -0.127. The molecule has 2 aliphatic carbocycles. The number of phenols is 1. The van der Waals surface area contributed by atoms with E-state index in [0.29, 0.717) is 18.8 Å². The molecule has 1 saturated carbocycles. The van der Waals surface area contributed by atoms with E-state index in [1.165, 1.54) is 10.5 Å². The number of aryl methyl sites for hydroxylation is 1. The minimum Gasteiger partial charge on any atom is -1.00 e. The molecule has 1 aliphatic heterocycles. The van der Waals surface area contributed by atoms with E-state index in [1.807, 2.05) is 12.1 Å². The number of carbonyl (C=O) groups is 1. The van der Waals surface area contributed by atoms with Gasteiger partial charge in [0.25, 0.3) is 0 Å². The number of halogens is 1. The van der Waals surface area contributed by atoms with Crippen LogP contribution in [0.1, 0.15) is 49.3 Å². The van der Waals surface area contributed by atoms with Gasteiger partial charge in [0.15, 0.2) is 11.5 Å². The number of rotatable bonds is 6. The van der Waals surface area contributed by atoms with E-state index < -0.39 is 11.0 Å². The van der Waals surface area contributed by atoms with Crippen molar-refractivity contribution in [2.45, 2.75) is 62.5 Å². The van der Waals surface area contributed by atoms with Crippen molar-refractivity contribution in [1.82, 2.24) is 0 Å². The molecule has 0 spiro atoms. The molecule has 1 saturated heterocycles. The Morgan fingerprint density at radius 2 is 1.91 bits per heavy atom. The lowest BCUT2D eigenvalue weighted by Gasteiger charge is -2.64. The monoisotopic (exact) mass is 485 g/mol. The second-order valence-corrected chi connectivity index (χ2v) is 10.2. The molecule has 5 rings (SSSR count). The fourth-order valence-electron chi connectivity index (χ4n) is 7.30. The molecular formula is C28H36ClNO4. The van der Waals surface area contributed by atoms with Crippen LogP contribution >= 0.6 is 0 Å². The van der Waals surface area contributed by atoms with Gasteiger partial charge < -0.3 is 31.9 Å². The van der Waals surface area contributed by atoms with Gasteiger partial charge >= 0.3 is 0 Å². The summed E-state index contributed by atoms with van der Waals surface area (Å²) in [6.45, 7) is 3.68. The number of hydrogen-bond donors (Lipinski definition) is 2. The van der Waals surface area contributed by atoms with Crippen molar-refractivity contribution >= 4 is 5.78 Å². The lowest BCUT2D eigenvalue weighted by Crippen LogP contribution is -3.19. The van der Waals surface area contributed by atoms with Crippen LogP contribution in [0.3, 0.4) is 0 Å². The summed E-state index contributed by atoms with van der Waals surface area (Å²) in [5.41, 5.74) is 2.39. The standard InChI is InChI=1S/C28H35NO4.ClH/c1-19-22(30)13-14-28(33-17-7-10-20-8-5-4-6-9-20)24-18-21-11-12-23(32-3)26(31)25(21)27(19,28)15-16-29(24)2;/h4-6,8-9,11-12,19,24,31H,7,10,13-18H2,1-3H3;1H/t19-,24-,27-,28-;/m1./s1. The summed E-state index contributed by atoms with van der Waals surface area (Å²) in [5, 5.41) is 11.4. The molecule has 34 heavy (non-hydrogen) atoms. The van der Waals surface area contributed by atoms with Gasteiger partial charge in [-0.1, -0.05) is 43.3 Å². The van der Waals surface area contributed by atoms with Crippen LogP contribution in [0.15, 0.2) is 42.5 Å². The maximum atomic E-state index is 13.2. The Kier molecular flexibility index (Phi) is 7.01. The number of piperidine rings is 1. The van der Waals surface area contributed by atoms with E-state index >= 15 is 0 Å². The minimum absolute atomic E-state index is 0. The third-order valence-corrected chi connectivity index (χ3v) is 8.92. The smallest absolute Gasteiger partial charge is 0.161 e. The highest BCUT2D eigenvalue weighted by atomic mass is 35.5. The van der Waals surface area contributed by atoms with Gasteiger partial charge in [0.1, 0.15) is 17.4 Å². The van der Waals surface area contributed by atoms with E-state index in [9.17, 15) is 9.90 Å². The molecule has 5 nitrogen and oxygen atoms in total. The first-order valence-electron chi connectivity index (χ1n) is 12.4. The highest BCUT2D eigenvalue weighted by Crippen LogP contribution is 2.61. The molecule has 1 heterocycles. The zero-order valence-electron chi connectivity index (χ0n) is 20.4. The Morgan fingerprint density at radius 3 is 2.65 bits per heavy atom. The second-order valence-electron chi connectivity index (χ2n) is 10.2. The van der Waals surface area contributed by atoms with Crippen LogP contribution in [-0.4, -0.2) is 49.8 Å². The van der Waals surface area contributed by atoms with Gasteiger partial charge in [-0.3, -0.25) is 4.79 Å². The first-order chi connectivity index (χ1) is 15.9. The molecule has 2 N–H and O–H groups in total. The van der Waals surface area contributed by atoms with Crippen LogP contribution in [-0.2, 0) is 27.8 Å². The number of carbonyl (C=O) groups excluding carboxylic acids is 1. The molecule has 1 unspecified atom stereocenters. The summed E-state index contributed by atoms with van der Waals surface area (Å²) in [5.74, 6) is 0.766. The fraction of sp³-hybridized carbons (Fsp3) is 0.536. The largest absolute Gasteiger partial charge is 1.00 e. The van der Waals surface area contributed by atoms with Gasteiger partial charge in [-0.15, -0.1) is 0 Å². The summed E-state index contributed by atoms with van der Waals surface area (Å²) in [7, 11) is 3.85. The SMILES string of the molecule is COc1ccc2c(c1O)[C@]13CC[NH+](C)[C@H](C2)[C@]1(OCCCc1ccccc1)CCC(=O)[C@H]3C.[Cl-]. The molecule has 2 aromatic carbocycles. The van der Waals surface area contributed by atoms with E-state index in [0.717, 1.165) is 49.8 Å². The Hall–Kier alpha value is -2.08. The lowest BCUT2D eigenvalue weighted by molar-refractivity contribution is -0.924. The van der Waals surface area contributed by atoms with Crippen molar-refractivity contribution in [2.24, 2.45) is 5.92 Å². The highest BCUT2D eigenvalue weighted by Gasteiger charge is 2.71. The lowest BCUT2D eigenvalue weighted by atomic mass is 9.45. The molecule has 2 bridgehead atoms. The molecule has 3 aliphatic rings. The number of likely N-dealkylation sites (N-methyl/N-ethyl adjacent to an activating group) is 1. The first-order valence-corrected chi connectivity index (χ1v) is 12.4. The number of quaternary nitrogens is 1. The molecule has 184 valence electrons. The van der Waals surface area contributed by atoms with Crippen LogP contribution in [0.5, 0.6) is 11.5 Å². The normalized spacial score (nSPS) is 31.7. The van der Waals surface area contributed by atoms with Crippen molar-refractivity contribution in [3.63, 3.8) is 0 Å². The van der Waals surface area contributed by atoms with Crippen LogP contribution in [0.2, 0.25) is 0 Å². The van der Waals surface area contributed by atoms with Crippen LogP contribution in [0.4, 0.5) is 0 Å². The Balaban J connectivity index is 0.00000274. The fourth-order valence-corrected chi connectivity index (χ4v) is 7.30. The zero-order chi connectivity index (χ0) is 23.2. The average Bonchev–Trinajstić information content (AvgIpc) is 2.83.